The average Bonchev–Trinajstić information content (AvgIpc) is 2.57. The molecule has 1 fully saturated rings. The zero-order chi connectivity index (χ0) is 12.1. The summed E-state index contributed by atoms with van der Waals surface area (Å²) in [5.41, 5.74) is 1.23. The molecule has 0 amide bonds. The fraction of sp³-hybridized carbons (Fsp3) is 0.571. The minimum absolute atomic E-state index is 0. The Kier molecular flexibility index (Phi) is 6.30. The Balaban J connectivity index is 0.00000162. The second-order valence-corrected chi connectivity index (χ2v) is 4.72. The smallest absolute Gasteiger partial charge is 0.142 e. The summed E-state index contributed by atoms with van der Waals surface area (Å²) in [5.74, 6) is 1.00. The molecule has 0 saturated carbocycles. The molecule has 0 spiro atoms. The lowest BCUT2D eigenvalue weighted by atomic mass is 10.2. The van der Waals surface area contributed by atoms with Gasteiger partial charge in [-0.05, 0) is 38.9 Å². The predicted octanol–water partition coefficient (Wildman–Crippen LogP) is 2.70. The van der Waals surface area contributed by atoms with Crippen LogP contribution in [-0.2, 0) is 0 Å². The number of anilines is 1. The maximum absolute atomic E-state index is 5.88. The summed E-state index contributed by atoms with van der Waals surface area (Å²) >= 11 is 0. The van der Waals surface area contributed by atoms with Crippen LogP contribution in [0.25, 0.3) is 0 Å². The molecular weight excluding hydrogens is 248 g/mol. The molecule has 0 unspecified atom stereocenters. The first kappa shape index (κ1) is 15.1. The Morgan fingerprint density at radius 2 is 1.94 bits per heavy atom. The van der Waals surface area contributed by atoms with E-state index in [-0.39, 0.29) is 18.5 Å². The highest BCUT2D eigenvalue weighted by Crippen LogP contribution is 2.29. The van der Waals surface area contributed by atoms with Gasteiger partial charge in [-0.25, -0.2) is 0 Å². The number of rotatable bonds is 3. The Morgan fingerprint density at radius 1 is 1.17 bits per heavy atom. The average molecular weight is 271 g/mol. The van der Waals surface area contributed by atoms with Crippen molar-refractivity contribution in [1.82, 2.24) is 5.32 Å². The molecule has 1 aromatic carbocycles. The Labute approximate surface area is 116 Å². The van der Waals surface area contributed by atoms with Crippen molar-refractivity contribution >= 4 is 18.1 Å². The van der Waals surface area contributed by atoms with Crippen LogP contribution in [0, 0.1) is 0 Å². The van der Waals surface area contributed by atoms with E-state index in [0.717, 1.165) is 31.9 Å². The van der Waals surface area contributed by atoms with Gasteiger partial charge >= 0.3 is 0 Å². The summed E-state index contributed by atoms with van der Waals surface area (Å²) in [4.78, 5) is 2.41. The van der Waals surface area contributed by atoms with Crippen LogP contribution in [-0.4, -0.2) is 32.3 Å². The molecule has 0 radical (unpaired) electrons. The molecule has 0 atom stereocenters. The molecule has 4 heteroatoms. The summed E-state index contributed by atoms with van der Waals surface area (Å²) < 4.78 is 5.88. The first-order valence-corrected chi connectivity index (χ1v) is 6.49. The highest BCUT2D eigenvalue weighted by atomic mass is 35.5. The number of halogens is 1. The Bertz CT molecular complexity index is 349. The highest BCUT2D eigenvalue weighted by molar-refractivity contribution is 5.85. The normalized spacial score (nSPS) is 16.1. The Morgan fingerprint density at radius 3 is 2.72 bits per heavy atom. The number of ether oxygens (including phenoxy) is 1. The third-order valence-corrected chi connectivity index (χ3v) is 2.91. The van der Waals surface area contributed by atoms with Crippen molar-refractivity contribution in [2.45, 2.75) is 26.4 Å². The lowest BCUT2D eigenvalue weighted by Gasteiger charge is -2.25. The van der Waals surface area contributed by atoms with E-state index >= 15 is 0 Å². The van der Waals surface area contributed by atoms with Gasteiger partial charge in [0.25, 0.3) is 0 Å². The standard InChI is InChI=1S/C14H22N2O.ClH/c1-12(2)17-14-7-4-3-6-13(14)16-10-5-8-15-9-11-16;/h3-4,6-7,12,15H,5,8-11H2,1-2H3;1H. The predicted molar refractivity (Wildman–Crippen MR) is 79.2 cm³/mol. The van der Waals surface area contributed by atoms with Gasteiger partial charge in [0.2, 0.25) is 0 Å². The van der Waals surface area contributed by atoms with Crippen LogP contribution in [0.3, 0.4) is 0 Å². The third-order valence-electron chi connectivity index (χ3n) is 2.91. The second kappa shape index (κ2) is 7.49. The number of nitrogens with zero attached hydrogens (tertiary/aromatic N) is 1. The molecule has 1 aromatic rings. The van der Waals surface area contributed by atoms with Crippen molar-refractivity contribution in [2.75, 3.05) is 31.1 Å². The zero-order valence-corrected chi connectivity index (χ0v) is 12.0. The van der Waals surface area contributed by atoms with Gasteiger partial charge in [-0.2, -0.15) is 0 Å². The van der Waals surface area contributed by atoms with Crippen LogP contribution in [0.1, 0.15) is 20.3 Å². The fourth-order valence-electron chi connectivity index (χ4n) is 2.16. The monoisotopic (exact) mass is 270 g/mol. The number of hydrogen-bond acceptors (Lipinski definition) is 3. The van der Waals surface area contributed by atoms with E-state index in [0.29, 0.717) is 0 Å². The molecule has 0 aromatic heterocycles. The second-order valence-electron chi connectivity index (χ2n) is 4.72. The van der Waals surface area contributed by atoms with E-state index < -0.39 is 0 Å². The SMILES string of the molecule is CC(C)Oc1ccccc1N1CCCNCC1.Cl. The first-order chi connectivity index (χ1) is 8.27. The number of hydrogen-bond donors (Lipinski definition) is 1. The van der Waals surface area contributed by atoms with E-state index in [2.05, 4.69) is 42.3 Å². The van der Waals surface area contributed by atoms with Crippen molar-refractivity contribution in [2.24, 2.45) is 0 Å². The maximum Gasteiger partial charge on any atom is 0.142 e. The summed E-state index contributed by atoms with van der Waals surface area (Å²) in [7, 11) is 0. The maximum atomic E-state index is 5.88. The van der Waals surface area contributed by atoms with Crippen molar-refractivity contribution in [3.05, 3.63) is 24.3 Å². The Hall–Kier alpha value is -0.930. The molecule has 1 aliphatic rings. The van der Waals surface area contributed by atoms with Crippen LogP contribution < -0.4 is 15.0 Å². The van der Waals surface area contributed by atoms with E-state index in [9.17, 15) is 0 Å². The molecule has 1 aliphatic heterocycles. The third kappa shape index (κ3) is 4.07. The van der Waals surface area contributed by atoms with Crippen molar-refractivity contribution in [3.8, 4) is 5.75 Å². The molecule has 18 heavy (non-hydrogen) atoms. The highest BCUT2D eigenvalue weighted by Gasteiger charge is 2.14. The molecule has 102 valence electrons. The lowest BCUT2D eigenvalue weighted by Crippen LogP contribution is -2.28. The molecule has 1 saturated heterocycles. The largest absolute Gasteiger partial charge is 0.489 e. The number of benzene rings is 1. The molecule has 1 N–H and O–H groups in total. The lowest BCUT2D eigenvalue weighted by molar-refractivity contribution is 0.243. The fourth-order valence-corrected chi connectivity index (χ4v) is 2.16. The van der Waals surface area contributed by atoms with Gasteiger partial charge < -0.3 is 15.0 Å². The van der Waals surface area contributed by atoms with Crippen LogP contribution in [0.15, 0.2) is 24.3 Å². The summed E-state index contributed by atoms with van der Waals surface area (Å²) in [5, 5.41) is 3.42. The van der Waals surface area contributed by atoms with Crippen molar-refractivity contribution in [3.63, 3.8) is 0 Å². The van der Waals surface area contributed by atoms with Gasteiger partial charge in [-0.15, -0.1) is 12.4 Å². The van der Waals surface area contributed by atoms with E-state index in [4.69, 9.17) is 4.74 Å². The molecule has 0 bridgehead atoms. The zero-order valence-electron chi connectivity index (χ0n) is 11.2. The van der Waals surface area contributed by atoms with Crippen LogP contribution in [0.4, 0.5) is 5.69 Å². The van der Waals surface area contributed by atoms with E-state index in [1.54, 1.807) is 0 Å². The van der Waals surface area contributed by atoms with Gasteiger partial charge in [0.05, 0.1) is 11.8 Å². The summed E-state index contributed by atoms with van der Waals surface area (Å²) in [6.07, 6.45) is 1.41. The van der Waals surface area contributed by atoms with Crippen molar-refractivity contribution < 1.29 is 4.74 Å². The minimum Gasteiger partial charge on any atom is -0.489 e. The number of nitrogens with one attached hydrogen (secondary N) is 1. The van der Waals surface area contributed by atoms with Crippen LogP contribution >= 0.6 is 12.4 Å². The van der Waals surface area contributed by atoms with E-state index in [1.165, 1.54) is 12.1 Å². The molecule has 2 rings (SSSR count). The topological polar surface area (TPSA) is 24.5 Å². The number of para-hydroxylation sites is 2. The minimum atomic E-state index is 0. The molecule has 0 aliphatic carbocycles. The quantitative estimate of drug-likeness (QED) is 0.914. The molecule has 1 heterocycles. The van der Waals surface area contributed by atoms with Gasteiger partial charge in [0.15, 0.2) is 0 Å². The van der Waals surface area contributed by atoms with Gasteiger partial charge in [-0.3, -0.25) is 0 Å². The van der Waals surface area contributed by atoms with Crippen LogP contribution in [0.2, 0.25) is 0 Å². The first-order valence-electron chi connectivity index (χ1n) is 6.49. The van der Waals surface area contributed by atoms with Gasteiger partial charge in [0.1, 0.15) is 5.75 Å². The molecule has 3 nitrogen and oxygen atoms in total. The molecular formula is C14H23ClN2O. The van der Waals surface area contributed by atoms with Crippen LogP contribution in [0.5, 0.6) is 5.75 Å². The summed E-state index contributed by atoms with van der Waals surface area (Å²) in [6.45, 7) is 8.46. The van der Waals surface area contributed by atoms with Gasteiger partial charge in [0, 0.05) is 19.6 Å². The summed E-state index contributed by atoms with van der Waals surface area (Å²) in [6, 6.07) is 8.34. The van der Waals surface area contributed by atoms with Gasteiger partial charge in [-0.1, -0.05) is 12.1 Å². The van der Waals surface area contributed by atoms with E-state index in [1.807, 2.05) is 6.07 Å². The van der Waals surface area contributed by atoms with Crippen molar-refractivity contribution in [1.29, 1.82) is 0 Å².